The summed E-state index contributed by atoms with van der Waals surface area (Å²) in [5, 5.41) is 6.30. The van der Waals surface area contributed by atoms with Crippen molar-refractivity contribution in [3.63, 3.8) is 0 Å². The minimum Gasteiger partial charge on any atom is -0.351 e. The molecule has 1 aliphatic carbocycles. The molecule has 126 valence electrons. The Labute approximate surface area is 142 Å². The van der Waals surface area contributed by atoms with Crippen molar-refractivity contribution < 1.29 is 4.79 Å². The van der Waals surface area contributed by atoms with Crippen molar-refractivity contribution in [1.82, 2.24) is 9.97 Å². The third-order valence-electron chi connectivity index (χ3n) is 4.47. The van der Waals surface area contributed by atoms with E-state index in [-0.39, 0.29) is 5.91 Å². The molecule has 0 radical (unpaired) electrons. The van der Waals surface area contributed by atoms with Crippen molar-refractivity contribution in [3.8, 4) is 0 Å². The first-order valence-corrected chi connectivity index (χ1v) is 8.60. The third-order valence-corrected chi connectivity index (χ3v) is 4.47. The number of aromatic nitrogens is 2. The molecule has 5 nitrogen and oxygen atoms in total. The normalized spacial score (nSPS) is 15.1. The average Bonchev–Trinajstić information content (AvgIpc) is 2.59. The van der Waals surface area contributed by atoms with E-state index >= 15 is 0 Å². The number of nitrogens with one attached hydrogen (secondary N) is 2. The topological polar surface area (TPSA) is 66.9 Å². The highest BCUT2D eigenvalue weighted by Gasteiger charge is 2.15. The predicted molar refractivity (Wildman–Crippen MR) is 96.4 cm³/mol. The first-order valence-electron chi connectivity index (χ1n) is 8.60. The molecule has 5 heteroatoms. The van der Waals surface area contributed by atoms with Gasteiger partial charge in [0.25, 0.3) is 5.91 Å². The Morgan fingerprint density at radius 2 is 1.92 bits per heavy atom. The number of amides is 1. The van der Waals surface area contributed by atoms with Crippen molar-refractivity contribution in [1.29, 1.82) is 0 Å². The van der Waals surface area contributed by atoms with E-state index in [1.807, 2.05) is 32.0 Å². The van der Waals surface area contributed by atoms with Crippen LogP contribution in [0.2, 0.25) is 0 Å². The van der Waals surface area contributed by atoms with E-state index < -0.39 is 0 Å². The van der Waals surface area contributed by atoms with Gasteiger partial charge in [-0.05, 0) is 49.9 Å². The second-order valence-electron chi connectivity index (χ2n) is 6.52. The highest BCUT2D eigenvalue weighted by atomic mass is 16.1. The maximum Gasteiger partial charge on any atom is 0.274 e. The zero-order valence-corrected chi connectivity index (χ0v) is 14.3. The molecular weight excluding hydrogens is 300 g/mol. The molecule has 0 spiro atoms. The minimum atomic E-state index is -0.210. The molecular formula is C19H24N4O. The summed E-state index contributed by atoms with van der Waals surface area (Å²) in [6.45, 7) is 3.98. The lowest BCUT2D eigenvalue weighted by molar-refractivity contribution is 0.102. The van der Waals surface area contributed by atoms with Crippen LogP contribution in [0.25, 0.3) is 0 Å². The Hall–Kier alpha value is -2.43. The van der Waals surface area contributed by atoms with Crippen LogP contribution >= 0.6 is 0 Å². The molecule has 0 saturated heterocycles. The fourth-order valence-corrected chi connectivity index (χ4v) is 3.04. The molecule has 1 amide bonds. The van der Waals surface area contributed by atoms with Crippen molar-refractivity contribution in [2.45, 2.75) is 52.0 Å². The molecule has 2 aromatic rings. The van der Waals surface area contributed by atoms with Crippen LogP contribution in [0, 0.1) is 13.8 Å². The number of hydrogen-bond donors (Lipinski definition) is 2. The summed E-state index contributed by atoms with van der Waals surface area (Å²) in [7, 11) is 0. The van der Waals surface area contributed by atoms with E-state index in [0.29, 0.717) is 17.7 Å². The molecule has 1 fully saturated rings. The molecule has 2 N–H and O–H groups in total. The summed E-state index contributed by atoms with van der Waals surface area (Å²) in [4.78, 5) is 21.1. The summed E-state index contributed by atoms with van der Waals surface area (Å²) >= 11 is 0. The van der Waals surface area contributed by atoms with Gasteiger partial charge in [0.15, 0.2) is 0 Å². The highest BCUT2D eigenvalue weighted by Crippen LogP contribution is 2.20. The van der Waals surface area contributed by atoms with Crippen LogP contribution in [0.3, 0.4) is 0 Å². The largest absolute Gasteiger partial charge is 0.351 e. The van der Waals surface area contributed by atoms with Crippen LogP contribution in [-0.2, 0) is 0 Å². The van der Waals surface area contributed by atoms with Gasteiger partial charge in [-0.2, -0.15) is 0 Å². The molecule has 1 saturated carbocycles. The van der Waals surface area contributed by atoms with Crippen molar-refractivity contribution in [3.05, 3.63) is 47.3 Å². The van der Waals surface area contributed by atoms with Gasteiger partial charge >= 0.3 is 0 Å². The summed E-state index contributed by atoms with van der Waals surface area (Å²) < 4.78 is 0. The molecule has 3 rings (SSSR count). The molecule has 1 aliphatic rings. The Kier molecular flexibility index (Phi) is 5.08. The second kappa shape index (κ2) is 7.43. The van der Waals surface area contributed by atoms with Gasteiger partial charge in [0.1, 0.15) is 5.69 Å². The fourth-order valence-electron chi connectivity index (χ4n) is 3.04. The van der Waals surface area contributed by atoms with Gasteiger partial charge in [0, 0.05) is 17.9 Å². The predicted octanol–water partition coefficient (Wildman–Crippen LogP) is 4.09. The van der Waals surface area contributed by atoms with Gasteiger partial charge in [0.05, 0.1) is 0 Å². The number of carbonyl (C=O) groups excluding carboxylic acids is 1. The number of rotatable bonds is 4. The zero-order chi connectivity index (χ0) is 16.9. The van der Waals surface area contributed by atoms with E-state index in [1.54, 1.807) is 12.3 Å². The van der Waals surface area contributed by atoms with Gasteiger partial charge < -0.3 is 10.6 Å². The second-order valence-corrected chi connectivity index (χ2v) is 6.52. The van der Waals surface area contributed by atoms with Crippen molar-refractivity contribution in [2.24, 2.45) is 0 Å². The summed E-state index contributed by atoms with van der Waals surface area (Å²) in [5.41, 5.74) is 3.34. The molecule has 1 heterocycles. The standard InChI is InChI=1S/C19H24N4O/c1-13-8-9-14(2)17(12-13)22-18(24)16-10-11-20-19(23-16)21-15-6-4-3-5-7-15/h8-12,15H,3-7H2,1-2H3,(H,22,24)(H,20,21,23). The quantitative estimate of drug-likeness (QED) is 0.889. The third kappa shape index (κ3) is 4.10. The maximum absolute atomic E-state index is 12.5. The van der Waals surface area contributed by atoms with Gasteiger partial charge in [-0.3, -0.25) is 4.79 Å². The number of anilines is 2. The van der Waals surface area contributed by atoms with Gasteiger partial charge in [-0.25, -0.2) is 9.97 Å². The van der Waals surface area contributed by atoms with Crippen LogP contribution in [-0.4, -0.2) is 21.9 Å². The van der Waals surface area contributed by atoms with Gasteiger partial charge in [0.2, 0.25) is 5.95 Å². The van der Waals surface area contributed by atoms with Crippen LogP contribution < -0.4 is 10.6 Å². The first kappa shape index (κ1) is 16.4. The number of aryl methyl sites for hydroxylation is 2. The Balaban J connectivity index is 1.70. The van der Waals surface area contributed by atoms with Crippen LogP contribution in [0.15, 0.2) is 30.5 Å². The van der Waals surface area contributed by atoms with Crippen LogP contribution in [0.5, 0.6) is 0 Å². The van der Waals surface area contributed by atoms with Crippen molar-refractivity contribution in [2.75, 3.05) is 10.6 Å². The smallest absolute Gasteiger partial charge is 0.274 e. The van der Waals surface area contributed by atoms with Gasteiger partial charge in [-0.1, -0.05) is 31.4 Å². The lowest BCUT2D eigenvalue weighted by Gasteiger charge is -2.22. The molecule has 0 atom stereocenters. The first-order chi connectivity index (χ1) is 11.6. The number of nitrogens with zero attached hydrogens (tertiary/aromatic N) is 2. The van der Waals surface area contributed by atoms with Crippen LogP contribution in [0.1, 0.15) is 53.7 Å². The number of hydrogen-bond acceptors (Lipinski definition) is 4. The lowest BCUT2D eigenvalue weighted by atomic mass is 9.96. The molecule has 0 unspecified atom stereocenters. The molecule has 0 aliphatic heterocycles. The SMILES string of the molecule is Cc1ccc(C)c(NC(=O)c2ccnc(NC3CCCCC3)n2)c1. The number of carbonyl (C=O) groups is 1. The molecule has 1 aromatic carbocycles. The van der Waals surface area contributed by atoms with E-state index in [0.717, 1.165) is 29.7 Å². The zero-order valence-electron chi connectivity index (χ0n) is 14.3. The van der Waals surface area contributed by atoms with Crippen molar-refractivity contribution >= 4 is 17.5 Å². The summed E-state index contributed by atoms with van der Waals surface area (Å²) in [6, 6.07) is 8.06. The van der Waals surface area contributed by atoms with E-state index in [2.05, 4.69) is 20.6 Å². The van der Waals surface area contributed by atoms with E-state index in [1.165, 1.54) is 19.3 Å². The van der Waals surface area contributed by atoms with E-state index in [9.17, 15) is 4.79 Å². The summed E-state index contributed by atoms with van der Waals surface area (Å²) in [6.07, 6.45) is 7.70. The molecule has 24 heavy (non-hydrogen) atoms. The highest BCUT2D eigenvalue weighted by molar-refractivity contribution is 6.03. The maximum atomic E-state index is 12.5. The lowest BCUT2D eigenvalue weighted by Crippen LogP contribution is -2.24. The molecule has 1 aromatic heterocycles. The van der Waals surface area contributed by atoms with E-state index in [4.69, 9.17) is 0 Å². The van der Waals surface area contributed by atoms with Gasteiger partial charge in [-0.15, -0.1) is 0 Å². The fraction of sp³-hybridized carbons (Fsp3) is 0.421. The Bertz CT molecular complexity index is 723. The van der Waals surface area contributed by atoms with Crippen LogP contribution in [0.4, 0.5) is 11.6 Å². The Morgan fingerprint density at radius 3 is 2.71 bits per heavy atom. The Morgan fingerprint density at radius 1 is 1.12 bits per heavy atom. The monoisotopic (exact) mass is 324 g/mol. The molecule has 0 bridgehead atoms. The summed E-state index contributed by atoms with van der Waals surface area (Å²) in [5.74, 6) is 0.327. The number of benzene rings is 1. The average molecular weight is 324 g/mol. The minimum absolute atomic E-state index is 0.210.